The molecule has 0 aliphatic heterocycles. The number of rotatable bonds is 2. The smallest absolute Gasteiger partial charge is 0.243 e. The van der Waals surface area contributed by atoms with Crippen molar-refractivity contribution in [1.82, 2.24) is 0 Å². The first-order valence-corrected chi connectivity index (χ1v) is 6.16. The average molecular weight is 359 g/mol. The summed E-state index contributed by atoms with van der Waals surface area (Å²) < 4.78 is 36.5. The molecule has 0 saturated carbocycles. The normalized spacial score (nSPS) is 14.8. The Morgan fingerprint density at radius 2 is 1.56 bits per heavy atom. The Bertz CT molecular complexity index is 463. The fourth-order valence-electron chi connectivity index (χ4n) is 0.922. The Kier molecular flexibility index (Phi) is 5.44. The molecule has 0 aliphatic carbocycles. The van der Waals surface area contributed by atoms with Gasteiger partial charge in [0.25, 0.3) is 0 Å². The van der Waals surface area contributed by atoms with E-state index >= 15 is 0 Å². The summed E-state index contributed by atoms with van der Waals surface area (Å²) in [4.78, 5) is 3.09. The number of alkyl halides is 4. The molecule has 0 amide bonds. The number of nitrogens with zero attached hydrogens (tertiary/aromatic N) is 1. The molecule has 1 atom stereocenters. The lowest BCUT2D eigenvalue weighted by Gasteiger charge is -2.10. The van der Waals surface area contributed by atoms with E-state index in [4.69, 9.17) is 58.0 Å². The molecule has 0 heterocycles. The fourth-order valence-corrected chi connectivity index (χ4v) is 1.87. The van der Waals surface area contributed by atoms with Gasteiger partial charge in [-0.3, -0.25) is 0 Å². The molecule has 1 nitrogen and oxygen atoms in total. The summed E-state index contributed by atoms with van der Waals surface area (Å²) in [5.41, 5.74) is -2.36. The standard InChI is InChI=1S/C9H3Cl5F3N/c10-4-1-3(2-5(11)6(4)12)7(13)18-8(14)9(15,16)17/h1-2,8H. The maximum atomic E-state index is 12.2. The second-order valence-electron chi connectivity index (χ2n) is 3.05. The third-order valence-electron chi connectivity index (χ3n) is 1.72. The first-order valence-electron chi connectivity index (χ1n) is 4.22. The van der Waals surface area contributed by atoms with Gasteiger partial charge in [-0.15, -0.1) is 0 Å². The van der Waals surface area contributed by atoms with E-state index in [0.717, 1.165) is 0 Å². The van der Waals surface area contributed by atoms with Crippen LogP contribution in [0.4, 0.5) is 13.2 Å². The topological polar surface area (TPSA) is 12.4 Å². The van der Waals surface area contributed by atoms with Gasteiger partial charge in [0.1, 0.15) is 5.17 Å². The third-order valence-corrected chi connectivity index (χ3v) is 3.58. The summed E-state index contributed by atoms with van der Waals surface area (Å²) in [5, 5.41) is -0.297. The van der Waals surface area contributed by atoms with Gasteiger partial charge in [-0.2, -0.15) is 13.2 Å². The summed E-state index contributed by atoms with van der Waals surface area (Å²) in [6.45, 7) is 0. The Labute approximate surface area is 125 Å². The van der Waals surface area contributed by atoms with Gasteiger partial charge in [-0.05, 0) is 12.1 Å². The van der Waals surface area contributed by atoms with E-state index in [-0.39, 0.29) is 20.6 Å². The summed E-state index contributed by atoms with van der Waals surface area (Å²) in [6, 6.07) is 2.48. The maximum absolute atomic E-state index is 12.2. The van der Waals surface area contributed by atoms with Crippen LogP contribution < -0.4 is 0 Å². The molecule has 0 fully saturated rings. The lowest BCUT2D eigenvalue weighted by molar-refractivity contribution is -0.128. The average Bonchev–Trinajstić information content (AvgIpc) is 2.23. The highest BCUT2D eigenvalue weighted by Gasteiger charge is 2.38. The van der Waals surface area contributed by atoms with Crippen molar-refractivity contribution in [3.8, 4) is 0 Å². The van der Waals surface area contributed by atoms with Crippen LogP contribution in [0.25, 0.3) is 0 Å². The van der Waals surface area contributed by atoms with Crippen LogP contribution in [0.3, 0.4) is 0 Å². The minimum absolute atomic E-state index is 0.0469. The zero-order chi connectivity index (χ0) is 14.1. The van der Waals surface area contributed by atoms with Gasteiger partial charge in [0.2, 0.25) is 5.50 Å². The molecule has 100 valence electrons. The maximum Gasteiger partial charge on any atom is 0.424 e. The number of hydrogen-bond acceptors (Lipinski definition) is 1. The highest BCUT2D eigenvalue weighted by molar-refractivity contribution is 6.70. The van der Waals surface area contributed by atoms with E-state index in [1.54, 1.807) is 0 Å². The molecule has 18 heavy (non-hydrogen) atoms. The Balaban J connectivity index is 3.12. The molecule has 1 aromatic rings. The van der Waals surface area contributed by atoms with Gasteiger partial charge in [0, 0.05) is 5.56 Å². The lowest BCUT2D eigenvalue weighted by atomic mass is 10.2. The van der Waals surface area contributed by atoms with Crippen molar-refractivity contribution in [3.05, 3.63) is 32.8 Å². The van der Waals surface area contributed by atoms with Crippen molar-refractivity contribution in [3.63, 3.8) is 0 Å². The lowest BCUT2D eigenvalue weighted by Crippen LogP contribution is -2.22. The van der Waals surface area contributed by atoms with Crippen molar-refractivity contribution in [2.24, 2.45) is 4.99 Å². The number of halogens is 8. The Morgan fingerprint density at radius 3 is 1.94 bits per heavy atom. The number of hydrogen-bond donors (Lipinski definition) is 0. The van der Waals surface area contributed by atoms with E-state index in [9.17, 15) is 13.2 Å². The summed E-state index contributed by atoms with van der Waals surface area (Å²) in [6.07, 6.45) is -4.69. The van der Waals surface area contributed by atoms with Crippen molar-refractivity contribution in [1.29, 1.82) is 0 Å². The van der Waals surface area contributed by atoms with E-state index in [1.807, 2.05) is 0 Å². The van der Waals surface area contributed by atoms with Crippen LogP contribution in [0, 0.1) is 0 Å². The SMILES string of the molecule is FC(F)(F)C(Cl)N=C(Cl)c1cc(Cl)c(Cl)c(Cl)c1. The van der Waals surface area contributed by atoms with Crippen LogP contribution in [0.1, 0.15) is 5.56 Å². The Morgan fingerprint density at radius 1 is 1.11 bits per heavy atom. The highest BCUT2D eigenvalue weighted by atomic mass is 35.5. The molecular weight excluding hydrogens is 356 g/mol. The monoisotopic (exact) mass is 357 g/mol. The quantitative estimate of drug-likeness (QED) is 0.276. The molecule has 1 unspecified atom stereocenters. The number of benzene rings is 1. The molecule has 1 rings (SSSR count). The van der Waals surface area contributed by atoms with Crippen molar-refractivity contribution < 1.29 is 13.2 Å². The molecule has 0 aliphatic rings. The minimum Gasteiger partial charge on any atom is -0.243 e. The molecular formula is C9H3Cl5F3N. The summed E-state index contributed by atoms with van der Waals surface area (Å²) in [5.74, 6) is 0. The van der Waals surface area contributed by atoms with Crippen LogP contribution in [-0.4, -0.2) is 16.8 Å². The van der Waals surface area contributed by atoms with Crippen LogP contribution in [0.2, 0.25) is 15.1 Å². The van der Waals surface area contributed by atoms with Gasteiger partial charge in [0.15, 0.2) is 0 Å². The van der Waals surface area contributed by atoms with Crippen molar-refractivity contribution in [2.75, 3.05) is 0 Å². The molecule has 1 aromatic carbocycles. The second-order valence-corrected chi connectivity index (χ2v) is 5.01. The number of aliphatic imine (C=N–C) groups is 1. The molecule has 0 aromatic heterocycles. The van der Waals surface area contributed by atoms with Gasteiger partial charge in [-0.25, -0.2) is 4.99 Å². The van der Waals surface area contributed by atoms with Crippen molar-refractivity contribution >= 4 is 63.2 Å². The first-order chi connectivity index (χ1) is 8.12. The molecule has 0 N–H and O–H groups in total. The Hall–Kier alpha value is 0.130. The fraction of sp³-hybridized carbons (Fsp3) is 0.222. The van der Waals surface area contributed by atoms with E-state index in [2.05, 4.69) is 4.99 Å². The van der Waals surface area contributed by atoms with Gasteiger partial charge in [0.05, 0.1) is 15.1 Å². The van der Waals surface area contributed by atoms with E-state index < -0.39 is 16.8 Å². The van der Waals surface area contributed by atoms with E-state index in [0.29, 0.717) is 0 Å². The zero-order valence-electron chi connectivity index (χ0n) is 8.20. The summed E-state index contributed by atoms with van der Waals surface area (Å²) in [7, 11) is 0. The predicted octanol–water partition coefficient (Wildman–Crippen LogP) is 5.76. The van der Waals surface area contributed by atoms with Crippen LogP contribution in [0.5, 0.6) is 0 Å². The highest BCUT2D eigenvalue weighted by Crippen LogP contribution is 2.32. The molecule has 0 bridgehead atoms. The first kappa shape index (κ1) is 16.2. The van der Waals surface area contributed by atoms with Crippen LogP contribution in [0.15, 0.2) is 17.1 Å². The van der Waals surface area contributed by atoms with Crippen LogP contribution >= 0.6 is 58.0 Å². The van der Waals surface area contributed by atoms with Crippen molar-refractivity contribution in [2.45, 2.75) is 11.7 Å². The third kappa shape index (κ3) is 4.07. The van der Waals surface area contributed by atoms with Gasteiger partial charge < -0.3 is 0 Å². The second kappa shape index (κ2) is 6.06. The van der Waals surface area contributed by atoms with Crippen LogP contribution in [-0.2, 0) is 0 Å². The zero-order valence-corrected chi connectivity index (χ0v) is 12.0. The predicted molar refractivity (Wildman–Crippen MR) is 69.6 cm³/mol. The van der Waals surface area contributed by atoms with Gasteiger partial charge >= 0.3 is 6.18 Å². The molecule has 9 heteroatoms. The molecule has 0 spiro atoms. The molecule has 0 saturated heterocycles. The summed E-state index contributed by atoms with van der Waals surface area (Å²) >= 11 is 27.7. The molecule has 0 radical (unpaired) electrons. The minimum atomic E-state index is -4.69. The largest absolute Gasteiger partial charge is 0.424 e. The van der Waals surface area contributed by atoms with Gasteiger partial charge in [-0.1, -0.05) is 58.0 Å². The van der Waals surface area contributed by atoms with E-state index in [1.165, 1.54) is 12.1 Å².